The normalized spacial score (nSPS) is 10.5. The molecule has 2 aromatic carbocycles. The largest absolute Gasteiger partial charge is 0.512 e. The number of anilines is 1. The van der Waals surface area contributed by atoms with Gasteiger partial charge in [-0.15, -0.1) is 35.9 Å². The predicted molar refractivity (Wildman–Crippen MR) is 102 cm³/mol. The summed E-state index contributed by atoms with van der Waals surface area (Å²) in [5.74, 6) is 0.250. The molecule has 0 aliphatic heterocycles. The standard InChI is InChI=1S/C15H15N2.C5H8O2.Ir/c1-17(2)15-10-8-14(9-11-15)16-12-13-6-4-3-5-7-13;1-4(6)3-5(2)7;/h3-6,8-12H,1-2H3;3,6H,1-2H3;/q-1;;/p+1/b;4-3-;. The molecule has 0 heterocycles. The monoisotopic (exact) mass is 517 g/mol. The zero-order valence-electron chi connectivity index (χ0n) is 14.9. The molecular weight excluding hydrogens is 492 g/mol. The fourth-order valence-corrected chi connectivity index (χ4v) is 1.77. The van der Waals surface area contributed by atoms with E-state index in [1.54, 1.807) is 0 Å². The summed E-state index contributed by atoms with van der Waals surface area (Å²) in [6.07, 6.45) is 3.10. The molecule has 0 aliphatic rings. The molecular formula is C20H24IrN2O2. The maximum absolute atomic E-state index is 8.40. The summed E-state index contributed by atoms with van der Waals surface area (Å²) in [7, 11) is 4.05. The molecule has 0 fully saturated rings. The molecule has 0 bridgehead atoms. The Morgan fingerprint density at radius 1 is 1.12 bits per heavy atom. The molecule has 2 N–H and O–H groups in total. The summed E-state index contributed by atoms with van der Waals surface area (Å²) >= 11 is 0. The van der Waals surface area contributed by atoms with Crippen LogP contribution in [-0.2, 0) is 20.1 Å². The Labute approximate surface area is 163 Å². The zero-order chi connectivity index (χ0) is 17.9. The zero-order valence-corrected chi connectivity index (χ0v) is 17.3. The van der Waals surface area contributed by atoms with Gasteiger partial charge < -0.3 is 15.0 Å². The molecule has 0 unspecified atom stereocenters. The molecule has 25 heavy (non-hydrogen) atoms. The Morgan fingerprint density at radius 3 is 2.16 bits per heavy atom. The van der Waals surface area contributed by atoms with Gasteiger partial charge in [-0.05, 0) is 37.4 Å². The molecule has 0 atom stereocenters. The van der Waals surface area contributed by atoms with Crippen LogP contribution in [0.1, 0.15) is 19.4 Å². The smallest absolute Gasteiger partial charge is 0.316 e. The second kappa shape index (κ2) is 12.2. The summed E-state index contributed by atoms with van der Waals surface area (Å²) in [6, 6.07) is 19.0. The molecule has 1 radical (unpaired) electrons. The van der Waals surface area contributed by atoms with E-state index in [-0.39, 0.29) is 31.6 Å². The van der Waals surface area contributed by atoms with Crippen LogP contribution in [0.15, 0.2) is 65.4 Å². The van der Waals surface area contributed by atoms with Crippen molar-refractivity contribution in [2.75, 3.05) is 19.0 Å². The fourth-order valence-electron chi connectivity index (χ4n) is 1.77. The van der Waals surface area contributed by atoms with Crippen LogP contribution in [0, 0.1) is 6.07 Å². The number of benzene rings is 2. The van der Waals surface area contributed by atoms with Crippen LogP contribution in [0.5, 0.6) is 0 Å². The van der Waals surface area contributed by atoms with E-state index in [4.69, 9.17) is 9.90 Å². The van der Waals surface area contributed by atoms with E-state index in [1.165, 1.54) is 25.6 Å². The van der Waals surface area contributed by atoms with Crippen molar-refractivity contribution in [1.29, 1.82) is 0 Å². The molecule has 0 amide bonds. The van der Waals surface area contributed by atoms with Crippen molar-refractivity contribution in [3.63, 3.8) is 0 Å². The number of aliphatic hydroxyl groups excluding tert-OH is 1. The van der Waals surface area contributed by atoms with Crippen molar-refractivity contribution in [3.05, 3.63) is 72.0 Å². The Bertz CT molecular complexity index is 689. The van der Waals surface area contributed by atoms with Gasteiger partial charge in [0, 0.05) is 39.9 Å². The molecule has 0 saturated carbocycles. The van der Waals surface area contributed by atoms with Gasteiger partial charge in [0.1, 0.15) is 0 Å². The number of aliphatic imine (C=N–C) groups is 1. The van der Waals surface area contributed by atoms with Crippen molar-refractivity contribution in [3.8, 4) is 0 Å². The van der Waals surface area contributed by atoms with Crippen LogP contribution in [0.2, 0.25) is 0 Å². The van der Waals surface area contributed by atoms with Crippen LogP contribution in [0.3, 0.4) is 0 Å². The van der Waals surface area contributed by atoms with Gasteiger partial charge in [-0.3, -0.25) is 4.79 Å². The number of ketones is 1. The van der Waals surface area contributed by atoms with Gasteiger partial charge in [0.05, 0.1) is 24.4 Å². The van der Waals surface area contributed by atoms with Crippen molar-refractivity contribution >= 4 is 23.4 Å². The third-order valence-corrected chi connectivity index (χ3v) is 2.87. The molecule has 5 heteroatoms. The Morgan fingerprint density at radius 2 is 1.76 bits per heavy atom. The first-order chi connectivity index (χ1) is 11.4. The van der Waals surface area contributed by atoms with E-state index in [1.807, 2.05) is 56.7 Å². The van der Waals surface area contributed by atoms with Crippen molar-refractivity contribution in [2.24, 2.45) is 4.99 Å². The number of nitrogens with zero attached hydrogens (tertiary/aromatic N) is 2. The van der Waals surface area contributed by atoms with Crippen LogP contribution in [0.4, 0.5) is 11.4 Å². The first-order valence-electron chi connectivity index (χ1n) is 7.56. The maximum atomic E-state index is 8.40. The van der Waals surface area contributed by atoms with Crippen molar-refractivity contribution in [2.45, 2.75) is 13.8 Å². The van der Waals surface area contributed by atoms with E-state index in [0.29, 0.717) is 0 Å². The summed E-state index contributed by atoms with van der Waals surface area (Å²) in [5.41, 5.74) is 3.12. The molecule has 135 valence electrons. The number of allylic oxidation sites excluding steroid dienone is 2. The molecule has 0 aliphatic carbocycles. The fraction of sp³-hybridized carbons (Fsp3) is 0.200. The minimum absolute atomic E-state index is 0. The predicted octanol–water partition coefficient (Wildman–Crippen LogP) is 4.31. The first-order valence-corrected chi connectivity index (χ1v) is 7.56. The summed E-state index contributed by atoms with van der Waals surface area (Å²) in [5, 5.41) is 8.40. The topological polar surface area (TPSA) is 57.2 Å². The maximum Gasteiger partial charge on any atom is 0.316 e. The van der Waals surface area contributed by atoms with Crippen molar-refractivity contribution in [1.82, 2.24) is 0 Å². The van der Waals surface area contributed by atoms with Crippen LogP contribution in [0.25, 0.3) is 0 Å². The van der Waals surface area contributed by atoms with Crippen LogP contribution >= 0.6 is 0 Å². The van der Waals surface area contributed by atoms with Gasteiger partial charge in [0.15, 0.2) is 0 Å². The molecule has 0 aromatic heterocycles. The average Bonchev–Trinajstić information content (AvgIpc) is 2.53. The Kier molecular flexibility index (Phi) is 11.1. The first kappa shape index (κ1) is 22.8. The SMILES string of the molecule is CC(=[OH+])/C=C(/C)O.CN(C)c1ccc(N=Cc2[c-]cccc2)cc1.[Ir]. The van der Waals surface area contributed by atoms with E-state index in [0.717, 1.165) is 11.3 Å². The molecule has 0 spiro atoms. The van der Waals surface area contributed by atoms with E-state index in [9.17, 15) is 0 Å². The molecule has 4 nitrogen and oxygen atoms in total. The van der Waals surface area contributed by atoms with Gasteiger partial charge in [0.25, 0.3) is 0 Å². The number of aliphatic hydroxyl groups is 1. The summed E-state index contributed by atoms with van der Waals surface area (Å²) in [4.78, 5) is 14.9. The van der Waals surface area contributed by atoms with Gasteiger partial charge >= 0.3 is 5.78 Å². The number of carbonyl (C=O) groups excluding carboxylic acids is 1. The van der Waals surface area contributed by atoms with Gasteiger partial charge in [-0.2, -0.15) is 0 Å². The number of rotatable bonds is 4. The van der Waals surface area contributed by atoms with Gasteiger partial charge in [-0.25, -0.2) is 0 Å². The molecule has 2 aromatic rings. The summed E-state index contributed by atoms with van der Waals surface area (Å²) < 4.78 is 0. The number of hydrogen-bond acceptors (Lipinski definition) is 3. The van der Waals surface area contributed by atoms with E-state index >= 15 is 0 Å². The molecule has 2 rings (SSSR count). The van der Waals surface area contributed by atoms with E-state index < -0.39 is 0 Å². The average molecular weight is 517 g/mol. The van der Waals surface area contributed by atoms with Crippen molar-refractivity contribution < 1.29 is 30.0 Å². The molecule has 0 saturated heterocycles. The second-order valence-corrected chi connectivity index (χ2v) is 5.41. The summed E-state index contributed by atoms with van der Waals surface area (Å²) in [6.45, 7) is 3.00. The number of hydrogen-bond donors (Lipinski definition) is 1. The van der Waals surface area contributed by atoms with Gasteiger partial charge in [-0.1, -0.05) is 0 Å². The van der Waals surface area contributed by atoms with Gasteiger partial charge in [0.2, 0.25) is 0 Å². The third kappa shape index (κ3) is 10.3. The minimum atomic E-state index is 0. The Hall–Kier alpha value is -2.23. The third-order valence-electron chi connectivity index (χ3n) is 2.87. The van der Waals surface area contributed by atoms with Crippen LogP contribution < -0.4 is 4.90 Å². The quantitative estimate of drug-likeness (QED) is 0.216. The minimum Gasteiger partial charge on any atom is -0.512 e. The Balaban J connectivity index is 0.000000620. The van der Waals surface area contributed by atoms with Crippen LogP contribution in [-0.4, -0.2) is 36.0 Å². The second-order valence-electron chi connectivity index (χ2n) is 5.41. The van der Waals surface area contributed by atoms with E-state index in [2.05, 4.69) is 28.1 Å².